The molecule has 144 valence electrons. The van der Waals surface area contributed by atoms with Gasteiger partial charge >= 0.3 is 0 Å². The van der Waals surface area contributed by atoms with Crippen LogP contribution in [0, 0.1) is 5.92 Å². The van der Waals surface area contributed by atoms with Gasteiger partial charge in [0, 0.05) is 33.7 Å². The molecule has 2 aromatic rings. The lowest BCUT2D eigenvalue weighted by Crippen LogP contribution is -2.26. The molecule has 0 aromatic heterocycles. The van der Waals surface area contributed by atoms with Gasteiger partial charge in [-0.2, -0.15) is 0 Å². The molecule has 0 saturated heterocycles. The van der Waals surface area contributed by atoms with Gasteiger partial charge in [0.05, 0.1) is 12.7 Å². The molecule has 0 amide bonds. The van der Waals surface area contributed by atoms with Crippen molar-refractivity contribution in [2.24, 2.45) is 5.92 Å². The molecule has 2 aliphatic rings. The first kappa shape index (κ1) is 18.3. The van der Waals surface area contributed by atoms with Crippen molar-refractivity contribution >= 4 is 17.1 Å². The maximum atomic E-state index is 13.2. The van der Waals surface area contributed by atoms with Crippen molar-refractivity contribution in [1.82, 2.24) is 0 Å². The number of rotatable bonds is 3. The molecular formula is C22H20O6. The summed E-state index contributed by atoms with van der Waals surface area (Å²) < 4.78 is 5.36. The monoisotopic (exact) mass is 380 g/mol. The summed E-state index contributed by atoms with van der Waals surface area (Å²) in [7, 11) is 1.49. The van der Waals surface area contributed by atoms with E-state index in [0.29, 0.717) is 46.4 Å². The van der Waals surface area contributed by atoms with Crippen LogP contribution in [0.2, 0.25) is 0 Å². The number of methoxy groups -OCH3 is 1. The van der Waals surface area contributed by atoms with Crippen LogP contribution in [0.4, 0.5) is 0 Å². The molecule has 0 radical (unpaired) electrons. The van der Waals surface area contributed by atoms with Gasteiger partial charge in [-0.05, 0) is 30.9 Å². The van der Waals surface area contributed by atoms with Gasteiger partial charge < -0.3 is 20.1 Å². The van der Waals surface area contributed by atoms with Crippen LogP contribution in [-0.2, 0) is 17.6 Å². The van der Waals surface area contributed by atoms with Crippen LogP contribution in [0.3, 0.4) is 0 Å². The number of carbonyl (C=O) groups is 2. The summed E-state index contributed by atoms with van der Waals surface area (Å²) in [5.41, 5.74) is 2.37. The Morgan fingerprint density at radius 1 is 1.18 bits per heavy atom. The molecule has 4 rings (SSSR count). The smallest absolute Gasteiger partial charge is 0.198 e. The number of ketones is 2. The molecule has 0 bridgehead atoms. The standard InChI is InChI=1S/C22H20O6/c1-10-17-13(4-3-5-16(17)28-2)21(26)19-18(10)20(25)12-7-6-11(15(24)9-23)8-14(12)22(19)27/h3-5,11,23,25,27H,1,6-9H2,2H3. The molecule has 0 fully saturated rings. The normalized spacial score (nSPS) is 17.6. The topological polar surface area (TPSA) is 104 Å². The number of phenols is 2. The second kappa shape index (κ2) is 6.49. The molecule has 6 heteroatoms. The number of aromatic hydroxyl groups is 2. The van der Waals surface area contributed by atoms with E-state index in [4.69, 9.17) is 9.84 Å². The molecule has 2 aromatic carbocycles. The highest BCUT2D eigenvalue weighted by Gasteiger charge is 2.38. The van der Waals surface area contributed by atoms with E-state index in [2.05, 4.69) is 6.58 Å². The Morgan fingerprint density at radius 2 is 1.89 bits per heavy atom. The molecule has 6 nitrogen and oxygen atoms in total. The molecule has 1 unspecified atom stereocenters. The summed E-state index contributed by atoms with van der Waals surface area (Å²) in [4.78, 5) is 25.1. The third kappa shape index (κ3) is 2.38. The fraction of sp³-hybridized carbons (Fsp3) is 0.273. The first-order valence-electron chi connectivity index (χ1n) is 9.05. The van der Waals surface area contributed by atoms with Gasteiger partial charge in [0.15, 0.2) is 11.6 Å². The zero-order chi connectivity index (χ0) is 20.2. The van der Waals surface area contributed by atoms with E-state index in [0.717, 1.165) is 0 Å². The lowest BCUT2D eigenvalue weighted by Gasteiger charge is -2.30. The number of benzene rings is 2. The van der Waals surface area contributed by atoms with Crippen LogP contribution in [0.5, 0.6) is 17.2 Å². The van der Waals surface area contributed by atoms with Crippen LogP contribution in [0.1, 0.15) is 44.6 Å². The number of fused-ring (bicyclic) bond motifs is 3. The summed E-state index contributed by atoms with van der Waals surface area (Å²) in [5.74, 6) is -1.04. The lowest BCUT2D eigenvalue weighted by atomic mass is 9.74. The number of hydrogen-bond acceptors (Lipinski definition) is 6. The Morgan fingerprint density at radius 3 is 2.57 bits per heavy atom. The van der Waals surface area contributed by atoms with E-state index in [-0.39, 0.29) is 34.8 Å². The van der Waals surface area contributed by atoms with Gasteiger partial charge in [-0.25, -0.2) is 0 Å². The third-order valence-electron chi connectivity index (χ3n) is 5.79. The summed E-state index contributed by atoms with van der Waals surface area (Å²) >= 11 is 0. The molecule has 1 atom stereocenters. The highest BCUT2D eigenvalue weighted by atomic mass is 16.5. The number of Topliss-reactive ketones (excluding diaryl/α,β-unsaturated/α-hetero) is 1. The van der Waals surface area contributed by atoms with E-state index in [1.165, 1.54) is 7.11 Å². The van der Waals surface area contributed by atoms with E-state index in [1.54, 1.807) is 18.2 Å². The van der Waals surface area contributed by atoms with Crippen molar-refractivity contribution in [3.8, 4) is 17.2 Å². The zero-order valence-electron chi connectivity index (χ0n) is 15.4. The number of hydrogen-bond donors (Lipinski definition) is 3. The second-order valence-electron chi connectivity index (χ2n) is 7.16. The van der Waals surface area contributed by atoms with E-state index in [1.807, 2.05) is 0 Å². The van der Waals surface area contributed by atoms with Crippen molar-refractivity contribution in [3.63, 3.8) is 0 Å². The van der Waals surface area contributed by atoms with E-state index in [9.17, 15) is 19.8 Å². The first-order chi connectivity index (χ1) is 13.4. The van der Waals surface area contributed by atoms with Gasteiger partial charge in [-0.1, -0.05) is 18.7 Å². The first-order valence-corrected chi connectivity index (χ1v) is 9.05. The Hall–Kier alpha value is -3.12. The van der Waals surface area contributed by atoms with Gasteiger partial charge in [-0.15, -0.1) is 0 Å². The summed E-state index contributed by atoms with van der Waals surface area (Å²) in [5, 5.41) is 31.1. The maximum absolute atomic E-state index is 13.2. The lowest BCUT2D eigenvalue weighted by molar-refractivity contribution is -0.125. The number of carbonyl (C=O) groups excluding carboxylic acids is 2. The second-order valence-corrected chi connectivity index (χ2v) is 7.16. The molecule has 3 N–H and O–H groups in total. The maximum Gasteiger partial charge on any atom is 0.198 e. The number of phenolic OH excluding ortho intramolecular Hbond substituents is 2. The molecular weight excluding hydrogens is 360 g/mol. The minimum absolute atomic E-state index is 0.000833. The van der Waals surface area contributed by atoms with Gasteiger partial charge in [0.1, 0.15) is 23.9 Å². The Bertz CT molecular complexity index is 1050. The van der Waals surface area contributed by atoms with E-state index >= 15 is 0 Å². The largest absolute Gasteiger partial charge is 0.507 e. The van der Waals surface area contributed by atoms with Crippen molar-refractivity contribution in [1.29, 1.82) is 0 Å². The Kier molecular flexibility index (Phi) is 4.23. The molecule has 28 heavy (non-hydrogen) atoms. The number of aliphatic hydroxyl groups excluding tert-OH is 1. The Labute approximate surface area is 161 Å². The molecule has 0 spiro atoms. The summed E-state index contributed by atoms with van der Waals surface area (Å²) in [6, 6.07) is 5.02. The minimum Gasteiger partial charge on any atom is -0.507 e. The number of ether oxygens (including phenoxy) is 1. The predicted molar refractivity (Wildman–Crippen MR) is 102 cm³/mol. The molecule has 0 heterocycles. The molecule has 0 aliphatic heterocycles. The molecule has 2 aliphatic carbocycles. The van der Waals surface area contributed by atoms with Crippen LogP contribution in [-0.4, -0.2) is 40.6 Å². The quantitative estimate of drug-likeness (QED) is 0.603. The van der Waals surface area contributed by atoms with Crippen molar-refractivity contribution < 1.29 is 29.6 Å². The van der Waals surface area contributed by atoms with Crippen LogP contribution >= 0.6 is 0 Å². The average molecular weight is 380 g/mol. The molecule has 0 saturated carbocycles. The van der Waals surface area contributed by atoms with Crippen molar-refractivity contribution in [2.45, 2.75) is 19.3 Å². The minimum atomic E-state index is -0.569. The van der Waals surface area contributed by atoms with Crippen molar-refractivity contribution in [2.75, 3.05) is 13.7 Å². The van der Waals surface area contributed by atoms with Crippen molar-refractivity contribution in [3.05, 3.63) is 58.2 Å². The van der Waals surface area contributed by atoms with Gasteiger partial charge in [-0.3, -0.25) is 9.59 Å². The van der Waals surface area contributed by atoms with Crippen LogP contribution in [0.15, 0.2) is 24.8 Å². The van der Waals surface area contributed by atoms with Gasteiger partial charge in [0.25, 0.3) is 0 Å². The van der Waals surface area contributed by atoms with Crippen LogP contribution < -0.4 is 4.74 Å². The highest BCUT2D eigenvalue weighted by molar-refractivity contribution is 6.21. The number of aliphatic hydroxyl groups is 1. The highest BCUT2D eigenvalue weighted by Crippen LogP contribution is 2.51. The summed E-state index contributed by atoms with van der Waals surface area (Å²) in [6.07, 6.45) is 0.989. The average Bonchev–Trinajstić information content (AvgIpc) is 2.72. The van der Waals surface area contributed by atoms with Gasteiger partial charge in [0.2, 0.25) is 0 Å². The van der Waals surface area contributed by atoms with E-state index < -0.39 is 18.3 Å². The predicted octanol–water partition coefficient (Wildman–Crippen LogP) is 2.38. The third-order valence-corrected chi connectivity index (χ3v) is 5.79. The fourth-order valence-corrected chi connectivity index (χ4v) is 4.36. The summed E-state index contributed by atoms with van der Waals surface area (Å²) in [6.45, 7) is 3.49. The van der Waals surface area contributed by atoms with Crippen LogP contribution in [0.25, 0.3) is 5.57 Å². The Balaban J connectivity index is 1.95. The SMILES string of the molecule is C=C1c2c(OC)cccc2C(=O)c2c(O)c3c(c(O)c21)CCC(C(=O)CO)C3. The fourth-order valence-electron chi connectivity index (χ4n) is 4.36. The zero-order valence-corrected chi connectivity index (χ0v) is 15.4.